The van der Waals surface area contributed by atoms with E-state index >= 15 is 0 Å². The summed E-state index contributed by atoms with van der Waals surface area (Å²) in [5.41, 5.74) is 0.965. The predicted molar refractivity (Wildman–Crippen MR) is 69.2 cm³/mol. The second kappa shape index (κ2) is 5.46. The van der Waals surface area contributed by atoms with Gasteiger partial charge in [-0.05, 0) is 49.6 Å². The quantitative estimate of drug-likeness (QED) is 0.924. The summed E-state index contributed by atoms with van der Waals surface area (Å²) in [5, 5.41) is 9.23. The van der Waals surface area contributed by atoms with E-state index in [9.17, 15) is 9.50 Å². The molecule has 0 bridgehead atoms. The molecule has 0 aromatic heterocycles. The highest BCUT2D eigenvalue weighted by Gasteiger charge is 2.27. The Balaban J connectivity index is 1.89. The number of hydrogen-bond acceptors (Lipinski definition) is 2. The molecule has 1 aromatic carbocycles. The van der Waals surface area contributed by atoms with E-state index in [0.29, 0.717) is 5.92 Å². The zero-order chi connectivity index (χ0) is 12.4. The van der Waals surface area contributed by atoms with Gasteiger partial charge in [0.1, 0.15) is 5.82 Å². The van der Waals surface area contributed by atoms with Gasteiger partial charge in [-0.25, -0.2) is 4.39 Å². The molecule has 2 nitrogen and oxygen atoms in total. The largest absolute Gasteiger partial charge is 0.393 e. The van der Waals surface area contributed by atoms with E-state index in [1.165, 1.54) is 6.07 Å². The first-order chi connectivity index (χ1) is 8.04. The van der Waals surface area contributed by atoms with Gasteiger partial charge in [0, 0.05) is 17.6 Å². The fourth-order valence-electron chi connectivity index (χ4n) is 2.31. The van der Waals surface area contributed by atoms with Crippen molar-refractivity contribution in [3.8, 4) is 0 Å². The van der Waals surface area contributed by atoms with E-state index < -0.39 is 0 Å². The average molecular weight is 302 g/mol. The molecule has 0 saturated heterocycles. The van der Waals surface area contributed by atoms with Crippen molar-refractivity contribution in [2.24, 2.45) is 5.92 Å². The molecule has 0 heterocycles. The zero-order valence-corrected chi connectivity index (χ0v) is 11.5. The molecule has 1 aliphatic rings. The average Bonchev–Trinajstić information content (AvgIpc) is 2.21. The molecular formula is C13H17BrFNO. The van der Waals surface area contributed by atoms with Gasteiger partial charge in [-0.3, -0.25) is 0 Å². The number of aliphatic hydroxyl groups is 1. The van der Waals surface area contributed by atoms with Crippen LogP contribution in [0.15, 0.2) is 22.7 Å². The number of halogens is 2. The lowest BCUT2D eigenvalue weighted by molar-refractivity contribution is 0.0273. The first-order valence-electron chi connectivity index (χ1n) is 5.85. The van der Waals surface area contributed by atoms with Crippen molar-refractivity contribution in [2.45, 2.75) is 25.5 Å². The smallest absolute Gasteiger partial charge is 0.123 e. The van der Waals surface area contributed by atoms with E-state index in [2.05, 4.69) is 20.8 Å². The van der Waals surface area contributed by atoms with Crippen molar-refractivity contribution >= 4 is 15.9 Å². The van der Waals surface area contributed by atoms with E-state index in [0.717, 1.165) is 36.0 Å². The summed E-state index contributed by atoms with van der Waals surface area (Å²) < 4.78 is 14.1. The highest BCUT2D eigenvalue weighted by Crippen LogP contribution is 2.28. The Morgan fingerprint density at radius 1 is 1.47 bits per heavy atom. The minimum atomic E-state index is -0.198. The van der Waals surface area contributed by atoms with Crippen molar-refractivity contribution in [2.75, 3.05) is 13.6 Å². The molecule has 0 spiro atoms. The van der Waals surface area contributed by atoms with Crippen molar-refractivity contribution < 1.29 is 9.50 Å². The summed E-state index contributed by atoms with van der Waals surface area (Å²) in [6.45, 7) is 1.69. The fraction of sp³-hybridized carbons (Fsp3) is 0.538. The highest BCUT2D eigenvalue weighted by atomic mass is 79.9. The molecule has 1 N–H and O–H groups in total. The second-order valence-corrected chi connectivity index (χ2v) is 5.78. The van der Waals surface area contributed by atoms with Gasteiger partial charge in [0.15, 0.2) is 0 Å². The molecule has 0 atom stereocenters. The molecule has 2 rings (SSSR count). The summed E-state index contributed by atoms with van der Waals surface area (Å²) in [4.78, 5) is 2.18. The summed E-state index contributed by atoms with van der Waals surface area (Å²) in [7, 11) is 2.03. The molecule has 94 valence electrons. The van der Waals surface area contributed by atoms with Crippen molar-refractivity contribution in [3.63, 3.8) is 0 Å². The Morgan fingerprint density at radius 2 is 2.18 bits per heavy atom. The molecule has 0 aliphatic heterocycles. The monoisotopic (exact) mass is 301 g/mol. The standard InChI is InChI=1S/C13H17BrFNO/c1-16(7-9-4-12(17)5-9)8-10-6-11(15)2-3-13(10)14/h2-3,6,9,12,17H,4-5,7-8H2,1H3. The van der Waals surface area contributed by atoms with Crippen molar-refractivity contribution in [1.29, 1.82) is 0 Å². The lowest BCUT2D eigenvalue weighted by Gasteiger charge is -2.34. The summed E-state index contributed by atoms with van der Waals surface area (Å²) in [6.07, 6.45) is 1.69. The Bertz CT molecular complexity index is 393. The SMILES string of the molecule is CN(Cc1cc(F)ccc1Br)CC1CC(O)C1. The van der Waals surface area contributed by atoms with Crippen molar-refractivity contribution in [3.05, 3.63) is 34.1 Å². The van der Waals surface area contributed by atoms with Gasteiger partial charge >= 0.3 is 0 Å². The van der Waals surface area contributed by atoms with Crippen LogP contribution in [0, 0.1) is 11.7 Å². The molecule has 0 radical (unpaired) electrons. The van der Waals surface area contributed by atoms with E-state index in [1.807, 2.05) is 7.05 Å². The number of rotatable bonds is 4. The Hall–Kier alpha value is -0.450. The van der Waals surface area contributed by atoms with Crippen LogP contribution in [0.2, 0.25) is 0 Å². The van der Waals surface area contributed by atoms with Gasteiger partial charge < -0.3 is 10.0 Å². The molecule has 1 saturated carbocycles. The number of nitrogens with zero attached hydrogens (tertiary/aromatic N) is 1. The normalized spacial score (nSPS) is 23.8. The van der Waals surface area contributed by atoms with Crippen LogP contribution in [0.1, 0.15) is 18.4 Å². The summed E-state index contributed by atoms with van der Waals surface area (Å²) in [6, 6.07) is 4.76. The third-order valence-electron chi connectivity index (χ3n) is 3.23. The maximum absolute atomic E-state index is 13.1. The molecule has 0 amide bonds. The Labute approximate surface area is 110 Å². The topological polar surface area (TPSA) is 23.5 Å². The highest BCUT2D eigenvalue weighted by molar-refractivity contribution is 9.10. The van der Waals surface area contributed by atoms with Gasteiger partial charge in [0.2, 0.25) is 0 Å². The van der Waals surface area contributed by atoms with Gasteiger partial charge in [-0.2, -0.15) is 0 Å². The van der Waals surface area contributed by atoms with Gasteiger partial charge in [0.25, 0.3) is 0 Å². The third kappa shape index (κ3) is 3.50. The molecule has 4 heteroatoms. The fourth-order valence-corrected chi connectivity index (χ4v) is 2.68. The zero-order valence-electron chi connectivity index (χ0n) is 9.87. The van der Waals surface area contributed by atoms with Crippen LogP contribution in [0.3, 0.4) is 0 Å². The molecule has 1 aliphatic carbocycles. The number of hydrogen-bond donors (Lipinski definition) is 1. The first-order valence-corrected chi connectivity index (χ1v) is 6.64. The van der Waals surface area contributed by atoms with E-state index in [4.69, 9.17) is 0 Å². The van der Waals surface area contributed by atoms with Crippen LogP contribution in [0.4, 0.5) is 4.39 Å². The van der Waals surface area contributed by atoms with Gasteiger partial charge in [-0.1, -0.05) is 15.9 Å². The van der Waals surface area contributed by atoms with Gasteiger partial charge in [-0.15, -0.1) is 0 Å². The van der Waals surface area contributed by atoms with Crippen molar-refractivity contribution in [1.82, 2.24) is 4.90 Å². The molecule has 1 aromatic rings. The Morgan fingerprint density at radius 3 is 2.82 bits per heavy atom. The lowest BCUT2D eigenvalue weighted by Crippen LogP contribution is -2.36. The number of benzene rings is 1. The first kappa shape index (κ1) is 13.0. The van der Waals surface area contributed by atoms with Crippen LogP contribution < -0.4 is 0 Å². The van der Waals surface area contributed by atoms with Crippen LogP contribution in [-0.4, -0.2) is 29.7 Å². The summed E-state index contributed by atoms with van der Waals surface area (Å²) >= 11 is 3.43. The minimum absolute atomic E-state index is 0.102. The van der Waals surface area contributed by atoms with Gasteiger partial charge in [0.05, 0.1) is 6.10 Å². The molecule has 1 fully saturated rings. The van der Waals surface area contributed by atoms with Crippen LogP contribution in [0.25, 0.3) is 0 Å². The molecule has 0 unspecified atom stereocenters. The third-order valence-corrected chi connectivity index (χ3v) is 4.00. The molecule has 17 heavy (non-hydrogen) atoms. The Kier molecular flexibility index (Phi) is 4.17. The second-order valence-electron chi connectivity index (χ2n) is 4.92. The maximum Gasteiger partial charge on any atom is 0.123 e. The lowest BCUT2D eigenvalue weighted by atomic mass is 9.82. The van der Waals surface area contributed by atoms with Crippen LogP contribution in [0.5, 0.6) is 0 Å². The summed E-state index contributed by atoms with van der Waals surface area (Å²) in [5.74, 6) is 0.387. The molecular weight excluding hydrogens is 285 g/mol. The predicted octanol–water partition coefficient (Wildman–Crippen LogP) is 2.79. The number of aliphatic hydroxyl groups excluding tert-OH is 1. The van der Waals surface area contributed by atoms with E-state index in [-0.39, 0.29) is 11.9 Å². The minimum Gasteiger partial charge on any atom is -0.393 e. The van der Waals surface area contributed by atoms with E-state index in [1.54, 1.807) is 12.1 Å². The van der Waals surface area contributed by atoms with Crippen LogP contribution >= 0.6 is 15.9 Å². The van der Waals surface area contributed by atoms with Crippen LogP contribution in [-0.2, 0) is 6.54 Å². The maximum atomic E-state index is 13.1.